The smallest absolute Gasteiger partial charge is 0.363 e. The number of benzene rings is 1. The van der Waals surface area contributed by atoms with Gasteiger partial charge in [0.15, 0.2) is 5.70 Å². The molecule has 1 aliphatic rings. The predicted molar refractivity (Wildman–Crippen MR) is 82.7 cm³/mol. The molecule has 0 radical (unpaired) electrons. The maximum atomic E-state index is 11.8. The Morgan fingerprint density at radius 2 is 2.05 bits per heavy atom. The standard InChI is InChI=1S/C16H11NO4S/c1-20-15(18)11-6-4-10(5-7-11)9-12-16(19)21-14(17-12)13-3-2-8-22-13/h2-9H,1H3. The Morgan fingerprint density at radius 3 is 2.68 bits per heavy atom. The number of aliphatic imine (C=N–C) groups is 1. The largest absolute Gasteiger partial charge is 0.465 e. The van der Waals surface area contributed by atoms with Gasteiger partial charge in [-0.2, -0.15) is 0 Å². The van der Waals surface area contributed by atoms with E-state index in [1.807, 2.05) is 17.5 Å². The van der Waals surface area contributed by atoms with Gasteiger partial charge in [0, 0.05) is 0 Å². The molecular formula is C16H11NO4S. The van der Waals surface area contributed by atoms with Crippen LogP contribution in [0.25, 0.3) is 6.08 Å². The summed E-state index contributed by atoms with van der Waals surface area (Å²) in [5.74, 6) is -0.574. The topological polar surface area (TPSA) is 65.0 Å². The lowest BCUT2D eigenvalue weighted by Gasteiger charge is -1.99. The van der Waals surface area contributed by atoms with Crippen molar-refractivity contribution in [2.75, 3.05) is 7.11 Å². The van der Waals surface area contributed by atoms with E-state index in [2.05, 4.69) is 9.73 Å². The highest BCUT2D eigenvalue weighted by atomic mass is 32.1. The van der Waals surface area contributed by atoms with Crippen LogP contribution in [0.2, 0.25) is 0 Å². The van der Waals surface area contributed by atoms with E-state index in [1.165, 1.54) is 18.4 Å². The van der Waals surface area contributed by atoms with Gasteiger partial charge in [-0.05, 0) is 35.2 Å². The maximum absolute atomic E-state index is 11.8. The number of hydrogen-bond acceptors (Lipinski definition) is 6. The van der Waals surface area contributed by atoms with Crippen molar-refractivity contribution >= 4 is 35.2 Å². The minimum Gasteiger partial charge on any atom is -0.465 e. The number of esters is 2. The molecule has 5 nitrogen and oxygen atoms in total. The normalized spacial score (nSPS) is 15.6. The summed E-state index contributed by atoms with van der Waals surface area (Å²) in [4.78, 5) is 28.2. The number of cyclic esters (lactones) is 1. The fourth-order valence-corrected chi connectivity index (χ4v) is 2.55. The van der Waals surface area contributed by atoms with Crippen LogP contribution in [0.3, 0.4) is 0 Å². The number of rotatable bonds is 3. The minimum absolute atomic E-state index is 0.231. The van der Waals surface area contributed by atoms with Crippen LogP contribution in [0.5, 0.6) is 0 Å². The first-order valence-corrected chi connectivity index (χ1v) is 7.30. The van der Waals surface area contributed by atoms with E-state index in [0.717, 1.165) is 10.4 Å². The van der Waals surface area contributed by atoms with Crippen molar-refractivity contribution in [2.24, 2.45) is 4.99 Å². The second-order valence-corrected chi connectivity index (χ2v) is 5.37. The fraction of sp³-hybridized carbons (Fsp3) is 0.0625. The zero-order valence-corrected chi connectivity index (χ0v) is 12.4. The van der Waals surface area contributed by atoms with E-state index in [4.69, 9.17) is 4.74 Å². The first-order chi connectivity index (χ1) is 10.7. The number of thiophene rings is 1. The third-order valence-corrected chi connectivity index (χ3v) is 3.85. The van der Waals surface area contributed by atoms with E-state index in [-0.39, 0.29) is 5.70 Å². The Bertz CT molecular complexity index is 773. The highest BCUT2D eigenvalue weighted by Gasteiger charge is 2.24. The van der Waals surface area contributed by atoms with Crippen LogP contribution in [0, 0.1) is 0 Å². The monoisotopic (exact) mass is 313 g/mol. The van der Waals surface area contributed by atoms with Gasteiger partial charge in [0.25, 0.3) is 0 Å². The summed E-state index contributed by atoms with van der Waals surface area (Å²) in [6, 6.07) is 10.4. The molecule has 0 saturated heterocycles. The summed E-state index contributed by atoms with van der Waals surface area (Å²) >= 11 is 1.45. The van der Waals surface area contributed by atoms with Crippen molar-refractivity contribution in [3.63, 3.8) is 0 Å². The Labute approximate surface area is 130 Å². The van der Waals surface area contributed by atoms with E-state index >= 15 is 0 Å². The zero-order valence-electron chi connectivity index (χ0n) is 11.6. The molecule has 0 fully saturated rings. The Morgan fingerprint density at radius 1 is 1.27 bits per heavy atom. The van der Waals surface area contributed by atoms with Crippen LogP contribution in [0.4, 0.5) is 0 Å². The lowest BCUT2D eigenvalue weighted by Crippen LogP contribution is -2.03. The van der Waals surface area contributed by atoms with Crippen LogP contribution >= 0.6 is 11.3 Å². The average molecular weight is 313 g/mol. The fourth-order valence-electron chi connectivity index (χ4n) is 1.91. The van der Waals surface area contributed by atoms with Crippen LogP contribution in [0.1, 0.15) is 20.8 Å². The van der Waals surface area contributed by atoms with Gasteiger partial charge in [-0.3, -0.25) is 0 Å². The van der Waals surface area contributed by atoms with Crippen LogP contribution in [-0.4, -0.2) is 24.9 Å². The highest BCUT2D eigenvalue weighted by molar-refractivity contribution is 7.12. The molecule has 0 amide bonds. The Kier molecular flexibility index (Phi) is 3.84. The summed E-state index contributed by atoms with van der Waals surface area (Å²) in [5, 5.41) is 1.89. The van der Waals surface area contributed by atoms with Crippen molar-refractivity contribution in [1.29, 1.82) is 0 Å². The quantitative estimate of drug-likeness (QED) is 0.645. The van der Waals surface area contributed by atoms with Crippen molar-refractivity contribution in [3.8, 4) is 0 Å². The predicted octanol–water partition coefficient (Wildman–Crippen LogP) is 2.88. The number of carbonyl (C=O) groups excluding carboxylic acids is 2. The van der Waals surface area contributed by atoms with E-state index in [1.54, 1.807) is 30.3 Å². The summed E-state index contributed by atoms with van der Waals surface area (Å²) in [6.45, 7) is 0. The molecule has 0 saturated carbocycles. The SMILES string of the molecule is COC(=O)c1ccc(C=C2N=C(c3cccs3)OC2=O)cc1. The highest BCUT2D eigenvalue weighted by Crippen LogP contribution is 2.21. The maximum Gasteiger partial charge on any atom is 0.363 e. The second kappa shape index (κ2) is 5.95. The number of carbonyl (C=O) groups is 2. The molecule has 0 N–H and O–H groups in total. The van der Waals surface area contributed by atoms with Gasteiger partial charge >= 0.3 is 11.9 Å². The van der Waals surface area contributed by atoms with Gasteiger partial charge in [-0.1, -0.05) is 18.2 Å². The molecular weight excluding hydrogens is 302 g/mol. The minimum atomic E-state index is -0.486. The van der Waals surface area contributed by atoms with Crippen molar-refractivity contribution in [2.45, 2.75) is 0 Å². The molecule has 2 aromatic rings. The summed E-state index contributed by atoms with van der Waals surface area (Å²) in [5.41, 5.74) is 1.42. The molecule has 3 rings (SSSR count). The van der Waals surface area contributed by atoms with Gasteiger partial charge in [0.1, 0.15) is 0 Å². The number of nitrogens with zero attached hydrogens (tertiary/aromatic N) is 1. The molecule has 0 bridgehead atoms. The molecule has 1 aromatic heterocycles. The molecule has 0 spiro atoms. The lowest BCUT2D eigenvalue weighted by molar-refractivity contribution is -0.129. The lowest BCUT2D eigenvalue weighted by atomic mass is 10.1. The molecule has 1 aromatic carbocycles. The van der Waals surface area contributed by atoms with Crippen molar-refractivity contribution in [3.05, 3.63) is 63.5 Å². The molecule has 0 atom stereocenters. The average Bonchev–Trinajstić information content (AvgIpc) is 3.18. The first-order valence-electron chi connectivity index (χ1n) is 6.42. The van der Waals surface area contributed by atoms with Gasteiger partial charge in [-0.15, -0.1) is 11.3 Å². The molecule has 6 heteroatoms. The number of ether oxygens (including phenoxy) is 2. The summed E-state index contributed by atoms with van der Waals surface area (Å²) in [7, 11) is 1.33. The number of hydrogen-bond donors (Lipinski definition) is 0. The van der Waals surface area contributed by atoms with Gasteiger partial charge < -0.3 is 9.47 Å². The number of methoxy groups -OCH3 is 1. The molecule has 22 heavy (non-hydrogen) atoms. The Hall–Kier alpha value is -2.73. The van der Waals surface area contributed by atoms with Crippen LogP contribution in [-0.2, 0) is 14.3 Å². The van der Waals surface area contributed by atoms with Crippen LogP contribution in [0.15, 0.2) is 52.5 Å². The second-order valence-electron chi connectivity index (χ2n) is 4.43. The molecule has 2 heterocycles. The van der Waals surface area contributed by atoms with Crippen molar-refractivity contribution in [1.82, 2.24) is 0 Å². The third-order valence-electron chi connectivity index (χ3n) is 2.99. The van der Waals surface area contributed by atoms with Gasteiger partial charge in [0.2, 0.25) is 5.90 Å². The molecule has 1 aliphatic heterocycles. The van der Waals surface area contributed by atoms with E-state index < -0.39 is 11.9 Å². The van der Waals surface area contributed by atoms with Crippen molar-refractivity contribution < 1.29 is 19.1 Å². The molecule has 0 aliphatic carbocycles. The summed E-state index contributed by atoms with van der Waals surface area (Å²) < 4.78 is 9.78. The van der Waals surface area contributed by atoms with Gasteiger partial charge in [-0.25, -0.2) is 14.6 Å². The molecule has 110 valence electrons. The zero-order chi connectivity index (χ0) is 15.5. The van der Waals surface area contributed by atoms with Crippen LogP contribution < -0.4 is 0 Å². The van der Waals surface area contributed by atoms with E-state index in [0.29, 0.717) is 11.5 Å². The summed E-state index contributed by atoms with van der Waals surface area (Å²) in [6.07, 6.45) is 1.62. The van der Waals surface area contributed by atoms with E-state index in [9.17, 15) is 9.59 Å². The third kappa shape index (κ3) is 2.82. The Balaban J connectivity index is 1.85. The molecule has 0 unspecified atom stereocenters. The van der Waals surface area contributed by atoms with Gasteiger partial charge in [0.05, 0.1) is 17.6 Å². The first kappa shape index (κ1) is 14.2.